The summed E-state index contributed by atoms with van der Waals surface area (Å²) in [7, 11) is 0.444. The van der Waals surface area contributed by atoms with E-state index in [0.717, 1.165) is 11.1 Å². The standard InChI is InChI=1S/C57H91NO12Si/c1-15-43-28-37(8)27-38(9)29-50(65-13)53-51(66-14)31-40(11)57(64,69-53)54(61)55(62)58-26-20-19-23-45(58)56(63)68-52(41(12)48(33-47(43)60)70-71(34(2)3,35(4)5)36(6)7)39(10)30-42-24-25-46(59)49(32-42)67-44-21-17-16-18-22-44/h16-18,21-22,28,30,34-36,38,40-43,45-46,48-53,59,64H,15,19-20,23-27,29,31-33H2,1-14H3. The Morgan fingerprint density at radius 1 is 0.859 bits per heavy atom. The summed E-state index contributed by atoms with van der Waals surface area (Å²) in [5.41, 5.74) is 2.41. The van der Waals surface area contributed by atoms with Crippen LogP contribution in [0.5, 0.6) is 5.75 Å². The van der Waals surface area contributed by atoms with Gasteiger partial charge in [0.1, 0.15) is 35.9 Å². The second-order valence-corrected chi connectivity index (χ2v) is 28.2. The van der Waals surface area contributed by atoms with Crippen LogP contribution in [0.2, 0.25) is 16.6 Å². The molecule has 1 amide bonds. The number of amides is 1. The summed E-state index contributed by atoms with van der Waals surface area (Å²) >= 11 is 0. The fraction of sp³-hybridized carbons (Fsp3) is 0.754. The molecule has 2 bridgehead atoms. The third-order valence-corrected chi connectivity index (χ3v) is 22.8. The van der Waals surface area contributed by atoms with Crippen molar-refractivity contribution in [2.24, 2.45) is 29.6 Å². The van der Waals surface area contributed by atoms with Crippen molar-refractivity contribution in [2.75, 3.05) is 20.8 Å². The van der Waals surface area contributed by atoms with E-state index in [9.17, 15) is 24.6 Å². The number of benzene rings is 1. The van der Waals surface area contributed by atoms with Gasteiger partial charge in [0, 0.05) is 44.9 Å². The predicted octanol–water partition coefficient (Wildman–Crippen LogP) is 10.1. The molecule has 13 nitrogen and oxygen atoms in total. The molecule has 1 saturated carbocycles. The number of fused-ring (bicyclic) bond motifs is 3. The second kappa shape index (κ2) is 25.8. The zero-order chi connectivity index (χ0) is 52.5. The molecule has 5 rings (SSSR count). The third kappa shape index (κ3) is 13.7. The minimum absolute atomic E-state index is 0.0371. The fourth-order valence-corrected chi connectivity index (χ4v) is 18.4. The van der Waals surface area contributed by atoms with Gasteiger partial charge in [0.25, 0.3) is 11.7 Å². The van der Waals surface area contributed by atoms with Crippen molar-refractivity contribution >= 4 is 31.8 Å². The molecule has 1 aliphatic carbocycles. The number of ether oxygens (including phenoxy) is 5. The number of cyclic esters (lactones) is 1. The van der Waals surface area contributed by atoms with E-state index in [1.165, 1.54) is 4.90 Å². The number of piperidine rings is 1. The molecule has 400 valence electrons. The van der Waals surface area contributed by atoms with Gasteiger partial charge in [-0.25, -0.2) is 4.79 Å². The normalized spacial score (nSPS) is 35.0. The van der Waals surface area contributed by atoms with E-state index in [1.54, 1.807) is 21.1 Å². The Labute approximate surface area is 427 Å². The Hall–Kier alpha value is -3.24. The highest BCUT2D eigenvalue weighted by molar-refractivity contribution is 6.77. The average Bonchev–Trinajstić information content (AvgIpc) is 3.33. The van der Waals surface area contributed by atoms with Crippen LogP contribution in [0.4, 0.5) is 0 Å². The monoisotopic (exact) mass is 1010 g/mol. The quantitative estimate of drug-likeness (QED) is 0.0882. The molecule has 0 aromatic heterocycles. The summed E-state index contributed by atoms with van der Waals surface area (Å²) in [6, 6.07) is 8.34. The second-order valence-electron chi connectivity index (χ2n) is 22.8. The minimum Gasteiger partial charge on any atom is -0.488 e. The zero-order valence-corrected chi connectivity index (χ0v) is 46.7. The largest absolute Gasteiger partial charge is 0.488 e. The van der Waals surface area contributed by atoms with Crippen LogP contribution in [-0.4, -0.2) is 122 Å². The number of para-hydroxylation sites is 1. The molecule has 2 N–H and O–H groups in total. The van der Waals surface area contributed by atoms with Crippen molar-refractivity contribution in [3.05, 3.63) is 53.6 Å². The average molecular weight is 1010 g/mol. The number of aliphatic hydroxyl groups is 2. The van der Waals surface area contributed by atoms with Gasteiger partial charge in [-0.2, -0.15) is 0 Å². The number of allylic oxidation sites excluding steroid dienone is 3. The topological polar surface area (TPSA) is 167 Å². The molecule has 14 unspecified atom stereocenters. The summed E-state index contributed by atoms with van der Waals surface area (Å²) in [6.07, 6.45) is 4.70. The van der Waals surface area contributed by atoms with Gasteiger partial charge in [0.2, 0.25) is 14.1 Å². The Balaban J connectivity index is 1.66. The van der Waals surface area contributed by atoms with E-state index < -0.39 is 98.3 Å². The first kappa shape index (κ1) is 58.6. The number of aliphatic hydroxyl groups excluding tert-OH is 1. The number of carbonyl (C=O) groups is 4. The van der Waals surface area contributed by atoms with Gasteiger partial charge in [-0.1, -0.05) is 105 Å². The number of nitrogens with zero attached hydrogens (tertiary/aromatic N) is 1. The molecule has 2 saturated heterocycles. The summed E-state index contributed by atoms with van der Waals surface area (Å²) in [6.45, 7) is 25.2. The number of carbonyl (C=O) groups excluding carboxylic acids is 4. The van der Waals surface area contributed by atoms with E-state index >= 15 is 4.79 Å². The number of hydrogen-bond acceptors (Lipinski definition) is 12. The smallest absolute Gasteiger partial charge is 0.329 e. The van der Waals surface area contributed by atoms with Crippen LogP contribution >= 0.6 is 0 Å². The van der Waals surface area contributed by atoms with E-state index in [1.807, 2.05) is 58.0 Å². The van der Waals surface area contributed by atoms with Crippen molar-refractivity contribution in [1.29, 1.82) is 0 Å². The van der Waals surface area contributed by atoms with Gasteiger partial charge in [-0.15, -0.1) is 0 Å². The molecule has 1 aromatic carbocycles. The van der Waals surface area contributed by atoms with Crippen LogP contribution < -0.4 is 4.74 Å². The number of methoxy groups -OCH3 is 2. The first-order chi connectivity index (χ1) is 33.5. The number of esters is 1. The highest BCUT2D eigenvalue weighted by Crippen LogP contribution is 2.46. The Bertz CT molecular complexity index is 1970. The highest BCUT2D eigenvalue weighted by atomic mass is 28.4. The lowest BCUT2D eigenvalue weighted by atomic mass is 9.81. The number of rotatable bonds is 12. The van der Waals surface area contributed by atoms with Crippen LogP contribution in [0, 0.1) is 29.6 Å². The van der Waals surface area contributed by atoms with Gasteiger partial charge in [-0.3, -0.25) is 14.4 Å². The maximum atomic E-state index is 15.1. The number of Topliss-reactive ketones (excluding diaryl/α,β-unsaturated/α-hetero) is 2. The van der Waals surface area contributed by atoms with Crippen molar-refractivity contribution < 1.29 is 57.5 Å². The minimum atomic E-state index is -2.67. The lowest BCUT2D eigenvalue weighted by Gasteiger charge is -2.47. The molecule has 0 radical (unpaired) electrons. The van der Waals surface area contributed by atoms with E-state index in [4.69, 9.17) is 28.1 Å². The first-order valence-electron chi connectivity index (χ1n) is 27.0. The SMILES string of the molecule is CCC1C=C(C)CC(C)CC(OC)C2OC(O)(C(=O)C(=O)N3CCCCC3C(=O)OC(C(C)=CC3CCC(O)C(Oc4ccccc4)C3)C(C)C(O[Si](C(C)C)(C(C)C)C(C)C)CC1=O)C(C)CC2OC. The molecule has 14 heteroatoms. The molecule has 71 heavy (non-hydrogen) atoms. The molecular formula is C57H91NO12Si. The molecule has 1 aromatic rings. The Kier molecular flexibility index (Phi) is 21.3. The van der Waals surface area contributed by atoms with Crippen LogP contribution in [0.3, 0.4) is 0 Å². The van der Waals surface area contributed by atoms with Crippen LogP contribution in [0.15, 0.2) is 53.6 Å². The maximum Gasteiger partial charge on any atom is 0.329 e. The van der Waals surface area contributed by atoms with Crippen molar-refractivity contribution in [2.45, 2.75) is 225 Å². The van der Waals surface area contributed by atoms with Gasteiger partial charge < -0.3 is 43.2 Å². The highest BCUT2D eigenvalue weighted by Gasteiger charge is 2.57. The van der Waals surface area contributed by atoms with Crippen molar-refractivity contribution in [3.63, 3.8) is 0 Å². The Morgan fingerprint density at radius 2 is 1.49 bits per heavy atom. The summed E-state index contributed by atoms with van der Waals surface area (Å²) in [5.74, 6) is -6.35. The lowest BCUT2D eigenvalue weighted by molar-refractivity contribution is -0.302. The van der Waals surface area contributed by atoms with Gasteiger partial charge in [0.05, 0.1) is 24.4 Å². The number of ketones is 2. The maximum absolute atomic E-state index is 15.1. The molecule has 4 aliphatic rings. The van der Waals surface area contributed by atoms with Crippen LogP contribution in [0.1, 0.15) is 154 Å². The van der Waals surface area contributed by atoms with E-state index in [-0.39, 0.29) is 60.0 Å². The first-order valence-corrected chi connectivity index (χ1v) is 29.1. The molecule has 0 spiro atoms. The van der Waals surface area contributed by atoms with Gasteiger partial charge in [0.15, 0.2) is 0 Å². The van der Waals surface area contributed by atoms with Crippen molar-refractivity contribution in [1.82, 2.24) is 4.90 Å². The van der Waals surface area contributed by atoms with Crippen LogP contribution in [-0.2, 0) is 42.6 Å². The molecule has 3 aliphatic heterocycles. The van der Waals surface area contributed by atoms with E-state index in [2.05, 4.69) is 60.6 Å². The molecule has 14 atom stereocenters. The van der Waals surface area contributed by atoms with E-state index in [0.29, 0.717) is 57.1 Å². The van der Waals surface area contributed by atoms with Gasteiger partial charge in [-0.05, 0) is 124 Å². The summed E-state index contributed by atoms with van der Waals surface area (Å²) < 4.78 is 39.1. The molecule has 3 fully saturated rings. The molecule has 3 heterocycles. The third-order valence-electron chi connectivity index (χ3n) is 16.7. The lowest BCUT2D eigenvalue weighted by Crippen LogP contribution is -2.64. The van der Waals surface area contributed by atoms with Crippen LogP contribution in [0.25, 0.3) is 0 Å². The summed E-state index contributed by atoms with van der Waals surface area (Å²) in [4.78, 5) is 60.6. The van der Waals surface area contributed by atoms with Crippen molar-refractivity contribution in [3.8, 4) is 5.75 Å². The predicted molar refractivity (Wildman–Crippen MR) is 278 cm³/mol. The molecular weight excluding hydrogens is 919 g/mol. The summed E-state index contributed by atoms with van der Waals surface area (Å²) in [5, 5.41) is 23.4. The fourth-order valence-electron chi connectivity index (χ4n) is 12.7. The van der Waals surface area contributed by atoms with Gasteiger partial charge >= 0.3 is 5.97 Å². The zero-order valence-electron chi connectivity index (χ0n) is 45.7. The number of hydrogen-bond donors (Lipinski definition) is 2. The Morgan fingerprint density at radius 3 is 2.10 bits per heavy atom.